The monoisotopic (exact) mass is 310 g/mol. The van der Waals surface area contributed by atoms with Crippen LogP contribution in [0.3, 0.4) is 0 Å². The molecule has 1 amide bonds. The maximum Gasteiger partial charge on any atom is 0.220 e. The van der Waals surface area contributed by atoms with Crippen LogP contribution in [-0.4, -0.2) is 10.9 Å². The van der Waals surface area contributed by atoms with E-state index in [1.807, 2.05) is 18.3 Å². The zero-order chi connectivity index (χ0) is 16.7. The third kappa shape index (κ3) is 5.20. The van der Waals surface area contributed by atoms with E-state index in [-0.39, 0.29) is 11.9 Å². The van der Waals surface area contributed by atoms with Crippen molar-refractivity contribution in [3.63, 3.8) is 0 Å². The Morgan fingerprint density at radius 1 is 1.13 bits per heavy atom. The van der Waals surface area contributed by atoms with Gasteiger partial charge in [-0.05, 0) is 41.5 Å². The minimum atomic E-state index is 0.0577. The molecule has 0 radical (unpaired) electrons. The molecule has 3 nitrogen and oxygen atoms in total. The molecule has 0 bridgehead atoms. The standard InChI is InChI=1S/C20H26N2O/c1-4-16-7-10-18(11-8-16)20(15(2)3)22-19(23)12-9-17-6-5-13-21-14-17/h5-8,10-11,13-15,20H,4,9,12H2,1-3H3,(H,22,23). The summed E-state index contributed by atoms with van der Waals surface area (Å²) in [5.41, 5.74) is 3.59. The van der Waals surface area contributed by atoms with Crippen LogP contribution >= 0.6 is 0 Å². The van der Waals surface area contributed by atoms with Crippen LogP contribution in [0.1, 0.15) is 49.9 Å². The lowest BCUT2D eigenvalue weighted by Gasteiger charge is -2.23. The molecule has 0 aliphatic heterocycles. The van der Waals surface area contributed by atoms with Crippen molar-refractivity contribution in [1.29, 1.82) is 0 Å². The van der Waals surface area contributed by atoms with E-state index in [0.717, 1.165) is 18.4 Å². The molecule has 0 saturated heterocycles. The van der Waals surface area contributed by atoms with Gasteiger partial charge in [0.05, 0.1) is 6.04 Å². The first-order valence-electron chi connectivity index (χ1n) is 8.37. The molecule has 3 heteroatoms. The van der Waals surface area contributed by atoms with Crippen molar-refractivity contribution in [2.24, 2.45) is 5.92 Å². The molecule has 1 N–H and O–H groups in total. The third-order valence-corrected chi connectivity index (χ3v) is 4.09. The van der Waals surface area contributed by atoms with Gasteiger partial charge in [-0.3, -0.25) is 9.78 Å². The number of amides is 1. The molecule has 1 heterocycles. The average Bonchev–Trinajstić information content (AvgIpc) is 2.58. The average molecular weight is 310 g/mol. The second-order valence-electron chi connectivity index (χ2n) is 6.25. The molecular weight excluding hydrogens is 284 g/mol. The summed E-state index contributed by atoms with van der Waals surface area (Å²) in [6.45, 7) is 6.43. The van der Waals surface area contributed by atoms with E-state index in [2.05, 4.69) is 55.3 Å². The van der Waals surface area contributed by atoms with Crippen molar-refractivity contribution in [1.82, 2.24) is 10.3 Å². The summed E-state index contributed by atoms with van der Waals surface area (Å²) < 4.78 is 0. The van der Waals surface area contributed by atoms with E-state index in [4.69, 9.17) is 0 Å². The molecule has 1 atom stereocenters. The minimum Gasteiger partial charge on any atom is -0.349 e. The van der Waals surface area contributed by atoms with Gasteiger partial charge in [-0.25, -0.2) is 0 Å². The number of pyridine rings is 1. The number of hydrogen-bond donors (Lipinski definition) is 1. The first kappa shape index (κ1) is 17.2. The highest BCUT2D eigenvalue weighted by Crippen LogP contribution is 2.22. The van der Waals surface area contributed by atoms with Gasteiger partial charge in [0.1, 0.15) is 0 Å². The SMILES string of the molecule is CCc1ccc(C(NC(=O)CCc2cccnc2)C(C)C)cc1. The van der Waals surface area contributed by atoms with Crippen LogP contribution in [0.2, 0.25) is 0 Å². The molecule has 2 rings (SSSR count). The Morgan fingerprint density at radius 2 is 1.87 bits per heavy atom. The third-order valence-electron chi connectivity index (χ3n) is 4.09. The van der Waals surface area contributed by atoms with Gasteiger partial charge >= 0.3 is 0 Å². The highest BCUT2D eigenvalue weighted by molar-refractivity contribution is 5.76. The Bertz CT molecular complexity index is 605. The molecule has 0 aliphatic rings. The molecular formula is C20H26N2O. The number of nitrogens with zero attached hydrogens (tertiary/aromatic N) is 1. The number of aromatic nitrogens is 1. The van der Waals surface area contributed by atoms with Gasteiger partial charge < -0.3 is 5.32 Å². The summed E-state index contributed by atoms with van der Waals surface area (Å²) in [6.07, 6.45) is 5.81. The Hall–Kier alpha value is -2.16. The normalized spacial score (nSPS) is 12.2. The molecule has 1 aromatic carbocycles. The van der Waals surface area contributed by atoms with Gasteiger partial charge in [0, 0.05) is 18.8 Å². The molecule has 1 aromatic heterocycles. The van der Waals surface area contributed by atoms with Gasteiger partial charge in [-0.1, -0.05) is 51.1 Å². The van der Waals surface area contributed by atoms with Crippen molar-refractivity contribution in [3.8, 4) is 0 Å². The Kier molecular flexibility index (Phi) is 6.33. The van der Waals surface area contributed by atoms with E-state index in [1.54, 1.807) is 6.20 Å². The molecule has 0 fully saturated rings. The predicted molar refractivity (Wildman–Crippen MR) is 94.1 cm³/mol. The molecule has 122 valence electrons. The first-order chi connectivity index (χ1) is 11.1. The molecule has 23 heavy (non-hydrogen) atoms. The Morgan fingerprint density at radius 3 is 2.43 bits per heavy atom. The van der Waals surface area contributed by atoms with Crippen LogP contribution in [0.25, 0.3) is 0 Å². The summed E-state index contributed by atoms with van der Waals surface area (Å²) in [5.74, 6) is 0.442. The smallest absolute Gasteiger partial charge is 0.220 e. The van der Waals surface area contributed by atoms with Crippen LogP contribution in [0, 0.1) is 5.92 Å². The summed E-state index contributed by atoms with van der Waals surface area (Å²) in [5, 5.41) is 3.18. The van der Waals surface area contributed by atoms with Crippen LogP contribution in [0.5, 0.6) is 0 Å². The van der Waals surface area contributed by atoms with E-state index < -0.39 is 0 Å². The maximum absolute atomic E-state index is 12.3. The number of nitrogens with one attached hydrogen (secondary N) is 1. The van der Waals surface area contributed by atoms with E-state index in [1.165, 1.54) is 11.1 Å². The van der Waals surface area contributed by atoms with Crippen molar-refractivity contribution >= 4 is 5.91 Å². The highest BCUT2D eigenvalue weighted by Gasteiger charge is 2.18. The molecule has 0 saturated carbocycles. The lowest BCUT2D eigenvalue weighted by molar-refractivity contribution is -0.122. The maximum atomic E-state index is 12.3. The van der Waals surface area contributed by atoms with Gasteiger partial charge in [0.15, 0.2) is 0 Å². The van der Waals surface area contributed by atoms with Crippen molar-refractivity contribution in [2.45, 2.75) is 46.1 Å². The van der Waals surface area contributed by atoms with E-state index >= 15 is 0 Å². The van der Waals surface area contributed by atoms with Gasteiger partial charge in [0.2, 0.25) is 5.91 Å². The number of rotatable bonds is 7. The van der Waals surface area contributed by atoms with Crippen LogP contribution in [0.15, 0.2) is 48.8 Å². The second kappa shape index (κ2) is 8.47. The molecule has 1 unspecified atom stereocenters. The fraction of sp³-hybridized carbons (Fsp3) is 0.400. The quantitative estimate of drug-likeness (QED) is 0.837. The van der Waals surface area contributed by atoms with E-state index in [0.29, 0.717) is 12.3 Å². The van der Waals surface area contributed by atoms with E-state index in [9.17, 15) is 4.79 Å². The molecule has 0 spiro atoms. The largest absolute Gasteiger partial charge is 0.349 e. The van der Waals surface area contributed by atoms with Crippen LogP contribution in [0.4, 0.5) is 0 Å². The van der Waals surface area contributed by atoms with Gasteiger partial charge in [-0.2, -0.15) is 0 Å². The number of hydrogen-bond acceptors (Lipinski definition) is 2. The van der Waals surface area contributed by atoms with Crippen LogP contribution < -0.4 is 5.32 Å². The first-order valence-corrected chi connectivity index (χ1v) is 8.37. The number of carbonyl (C=O) groups excluding carboxylic acids is 1. The van der Waals surface area contributed by atoms with Gasteiger partial charge in [-0.15, -0.1) is 0 Å². The number of aryl methyl sites for hydroxylation is 2. The molecule has 0 aliphatic carbocycles. The lowest BCUT2D eigenvalue weighted by atomic mass is 9.94. The van der Waals surface area contributed by atoms with Gasteiger partial charge in [0.25, 0.3) is 0 Å². The lowest BCUT2D eigenvalue weighted by Crippen LogP contribution is -2.31. The number of carbonyl (C=O) groups is 1. The second-order valence-corrected chi connectivity index (χ2v) is 6.25. The summed E-state index contributed by atoms with van der Waals surface area (Å²) in [6, 6.07) is 12.5. The van der Waals surface area contributed by atoms with Crippen molar-refractivity contribution in [2.75, 3.05) is 0 Å². The summed E-state index contributed by atoms with van der Waals surface area (Å²) in [4.78, 5) is 16.4. The fourth-order valence-electron chi connectivity index (χ4n) is 2.65. The Labute approximate surface area is 139 Å². The minimum absolute atomic E-state index is 0.0577. The zero-order valence-corrected chi connectivity index (χ0v) is 14.3. The fourth-order valence-corrected chi connectivity index (χ4v) is 2.65. The van der Waals surface area contributed by atoms with Crippen molar-refractivity contribution in [3.05, 3.63) is 65.5 Å². The summed E-state index contributed by atoms with van der Waals surface area (Å²) in [7, 11) is 0. The molecule has 2 aromatic rings. The van der Waals surface area contributed by atoms with Crippen molar-refractivity contribution < 1.29 is 4.79 Å². The highest BCUT2D eigenvalue weighted by atomic mass is 16.1. The Balaban J connectivity index is 1.96. The zero-order valence-electron chi connectivity index (χ0n) is 14.3. The topological polar surface area (TPSA) is 42.0 Å². The summed E-state index contributed by atoms with van der Waals surface area (Å²) >= 11 is 0. The predicted octanol–water partition coefficient (Wildman–Crippen LogP) is 4.09. The number of benzene rings is 1. The van der Waals surface area contributed by atoms with Crippen LogP contribution in [-0.2, 0) is 17.6 Å².